The Labute approximate surface area is 107 Å². The van der Waals surface area contributed by atoms with Crippen LogP contribution in [0.4, 0.5) is 11.4 Å². The average Bonchev–Trinajstić information content (AvgIpc) is 2.40. The highest BCUT2D eigenvalue weighted by atomic mass is 16.5. The zero-order valence-electron chi connectivity index (χ0n) is 10.6. The molecule has 1 saturated heterocycles. The Morgan fingerprint density at radius 1 is 1.33 bits per heavy atom. The van der Waals surface area contributed by atoms with Gasteiger partial charge in [-0.2, -0.15) is 0 Å². The first-order valence-electron chi connectivity index (χ1n) is 6.17. The average molecular weight is 249 g/mol. The molecule has 1 fully saturated rings. The third-order valence-corrected chi connectivity index (χ3v) is 2.87. The Hall–Kier alpha value is -1.59. The molecule has 0 saturated carbocycles. The summed E-state index contributed by atoms with van der Waals surface area (Å²) >= 11 is 0. The fraction of sp³-hybridized carbons (Fsp3) is 0.462. The number of rotatable bonds is 4. The van der Waals surface area contributed by atoms with Crippen LogP contribution in [0.2, 0.25) is 0 Å². The monoisotopic (exact) mass is 249 g/mol. The molecular weight excluding hydrogens is 230 g/mol. The first-order chi connectivity index (χ1) is 8.81. The van der Waals surface area contributed by atoms with Crippen molar-refractivity contribution in [1.82, 2.24) is 5.32 Å². The largest absolute Gasteiger partial charge is 0.378 e. The lowest BCUT2D eigenvalue weighted by Crippen LogP contribution is -2.37. The van der Waals surface area contributed by atoms with Gasteiger partial charge in [-0.25, -0.2) is 0 Å². The highest BCUT2D eigenvalue weighted by Gasteiger charge is 2.15. The molecule has 5 nitrogen and oxygen atoms in total. The second-order valence-electron chi connectivity index (χ2n) is 4.20. The van der Waals surface area contributed by atoms with Crippen molar-refractivity contribution in [3.8, 4) is 0 Å². The van der Waals surface area contributed by atoms with Crippen molar-refractivity contribution in [2.24, 2.45) is 0 Å². The van der Waals surface area contributed by atoms with E-state index in [1.165, 1.54) is 0 Å². The van der Waals surface area contributed by atoms with Crippen LogP contribution in [0.15, 0.2) is 24.3 Å². The van der Waals surface area contributed by atoms with E-state index >= 15 is 0 Å². The molecule has 98 valence electrons. The lowest BCUT2D eigenvalue weighted by Gasteiger charge is -2.30. The third-order valence-electron chi connectivity index (χ3n) is 2.87. The number of amides is 1. The molecule has 1 aromatic rings. The Balaban J connectivity index is 2.11. The topological polar surface area (TPSA) is 53.6 Å². The fourth-order valence-corrected chi connectivity index (χ4v) is 2.01. The van der Waals surface area contributed by atoms with Crippen molar-refractivity contribution in [3.63, 3.8) is 0 Å². The maximum atomic E-state index is 11.6. The molecule has 0 unspecified atom stereocenters. The van der Waals surface area contributed by atoms with Crippen LogP contribution in [-0.2, 0) is 9.53 Å². The number of nitrogens with zero attached hydrogens (tertiary/aromatic N) is 1. The molecule has 1 amide bonds. The maximum absolute atomic E-state index is 11.6. The minimum Gasteiger partial charge on any atom is -0.378 e. The number of hydrogen-bond acceptors (Lipinski definition) is 4. The van der Waals surface area contributed by atoms with Crippen LogP contribution in [0.1, 0.15) is 0 Å². The number of anilines is 2. The fourth-order valence-electron chi connectivity index (χ4n) is 2.01. The van der Waals surface area contributed by atoms with Crippen LogP contribution in [0.25, 0.3) is 0 Å². The molecule has 1 aromatic carbocycles. The summed E-state index contributed by atoms with van der Waals surface area (Å²) in [5, 5.41) is 5.77. The predicted molar refractivity (Wildman–Crippen MR) is 72.0 cm³/mol. The van der Waals surface area contributed by atoms with E-state index in [-0.39, 0.29) is 5.91 Å². The number of para-hydroxylation sites is 2. The molecule has 0 atom stereocenters. The van der Waals surface area contributed by atoms with E-state index in [2.05, 4.69) is 15.5 Å². The number of carbonyl (C=O) groups excluding carboxylic acids is 1. The molecular formula is C13H19N3O2. The van der Waals surface area contributed by atoms with Gasteiger partial charge in [0, 0.05) is 13.1 Å². The third kappa shape index (κ3) is 3.21. The van der Waals surface area contributed by atoms with Crippen LogP contribution < -0.4 is 15.5 Å². The highest BCUT2D eigenvalue weighted by molar-refractivity contribution is 5.95. The van der Waals surface area contributed by atoms with Crippen molar-refractivity contribution < 1.29 is 9.53 Å². The summed E-state index contributed by atoms with van der Waals surface area (Å²) in [6.45, 7) is 3.51. The summed E-state index contributed by atoms with van der Waals surface area (Å²) in [4.78, 5) is 13.9. The second-order valence-corrected chi connectivity index (χ2v) is 4.20. The van der Waals surface area contributed by atoms with Gasteiger partial charge in [0.1, 0.15) is 0 Å². The lowest BCUT2D eigenvalue weighted by atomic mass is 10.2. The maximum Gasteiger partial charge on any atom is 0.238 e. The standard InChI is InChI=1S/C13H19N3O2/c1-14-10-13(17)15-11-4-2-3-5-12(11)16-6-8-18-9-7-16/h2-5,14H,6-10H2,1H3,(H,15,17). The molecule has 0 aromatic heterocycles. The second kappa shape index (κ2) is 6.37. The summed E-state index contributed by atoms with van der Waals surface area (Å²) in [6, 6.07) is 7.87. The summed E-state index contributed by atoms with van der Waals surface area (Å²) in [5.41, 5.74) is 1.92. The van der Waals surface area contributed by atoms with Gasteiger partial charge in [0.25, 0.3) is 0 Å². The van der Waals surface area contributed by atoms with Crippen molar-refractivity contribution >= 4 is 17.3 Å². The van der Waals surface area contributed by atoms with Crippen molar-refractivity contribution in [1.29, 1.82) is 0 Å². The molecule has 1 heterocycles. The summed E-state index contributed by atoms with van der Waals surface area (Å²) in [7, 11) is 1.76. The van der Waals surface area contributed by atoms with Gasteiger partial charge in [-0.1, -0.05) is 12.1 Å². The first kappa shape index (κ1) is 12.9. The molecule has 0 radical (unpaired) electrons. The van der Waals surface area contributed by atoms with E-state index in [0.717, 1.165) is 37.7 Å². The normalized spacial score (nSPS) is 15.5. The van der Waals surface area contributed by atoms with Gasteiger partial charge in [-0.3, -0.25) is 4.79 Å². The number of carbonyl (C=O) groups is 1. The van der Waals surface area contributed by atoms with Crippen molar-refractivity contribution in [2.75, 3.05) is 50.1 Å². The van der Waals surface area contributed by atoms with Gasteiger partial charge in [0.15, 0.2) is 0 Å². The molecule has 1 aliphatic rings. The van der Waals surface area contributed by atoms with E-state index in [1.807, 2.05) is 24.3 Å². The zero-order chi connectivity index (χ0) is 12.8. The summed E-state index contributed by atoms with van der Waals surface area (Å²) in [5.74, 6) is -0.0294. The number of hydrogen-bond donors (Lipinski definition) is 2. The SMILES string of the molecule is CNCC(=O)Nc1ccccc1N1CCOCC1. The predicted octanol–water partition coefficient (Wildman–Crippen LogP) is 0.681. The Morgan fingerprint density at radius 3 is 2.78 bits per heavy atom. The number of ether oxygens (including phenoxy) is 1. The first-order valence-corrected chi connectivity index (χ1v) is 6.17. The van der Waals surface area contributed by atoms with Gasteiger partial charge >= 0.3 is 0 Å². The summed E-state index contributed by atoms with van der Waals surface area (Å²) < 4.78 is 5.34. The number of likely N-dealkylation sites (N-methyl/N-ethyl adjacent to an activating group) is 1. The molecule has 0 aliphatic carbocycles. The van der Waals surface area contributed by atoms with E-state index in [0.29, 0.717) is 6.54 Å². The van der Waals surface area contributed by atoms with Crippen molar-refractivity contribution in [3.05, 3.63) is 24.3 Å². The zero-order valence-corrected chi connectivity index (χ0v) is 10.6. The minimum atomic E-state index is -0.0294. The smallest absolute Gasteiger partial charge is 0.238 e. The van der Waals surface area contributed by atoms with Gasteiger partial charge in [-0.15, -0.1) is 0 Å². The molecule has 5 heteroatoms. The number of morpholine rings is 1. The molecule has 1 aliphatic heterocycles. The van der Waals surface area contributed by atoms with Gasteiger partial charge < -0.3 is 20.3 Å². The Kier molecular flexibility index (Phi) is 4.55. The molecule has 2 rings (SSSR count). The Bertz CT molecular complexity index is 403. The molecule has 0 bridgehead atoms. The van der Waals surface area contributed by atoms with Crippen molar-refractivity contribution in [2.45, 2.75) is 0 Å². The number of nitrogens with one attached hydrogen (secondary N) is 2. The number of benzene rings is 1. The molecule has 2 N–H and O–H groups in total. The van der Waals surface area contributed by atoms with E-state index in [1.54, 1.807) is 7.05 Å². The van der Waals surface area contributed by atoms with E-state index in [9.17, 15) is 4.79 Å². The molecule has 0 spiro atoms. The minimum absolute atomic E-state index is 0.0294. The Morgan fingerprint density at radius 2 is 2.06 bits per heavy atom. The van der Waals surface area contributed by atoms with Gasteiger partial charge in [0.2, 0.25) is 5.91 Å². The van der Waals surface area contributed by atoms with E-state index in [4.69, 9.17) is 4.74 Å². The van der Waals surface area contributed by atoms with Crippen LogP contribution in [0, 0.1) is 0 Å². The molecule has 18 heavy (non-hydrogen) atoms. The van der Waals surface area contributed by atoms with Crippen LogP contribution in [0.5, 0.6) is 0 Å². The van der Waals surface area contributed by atoms with Gasteiger partial charge in [0.05, 0.1) is 31.1 Å². The quantitative estimate of drug-likeness (QED) is 0.824. The van der Waals surface area contributed by atoms with Crippen LogP contribution in [0.3, 0.4) is 0 Å². The highest BCUT2D eigenvalue weighted by Crippen LogP contribution is 2.26. The summed E-state index contributed by atoms with van der Waals surface area (Å²) in [6.07, 6.45) is 0. The van der Waals surface area contributed by atoms with Crippen LogP contribution >= 0.6 is 0 Å². The lowest BCUT2D eigenvalue weighted by molar-refractivity contribution is -0.115. The van der Waals surface area contributed by atoms with Gasteiger partial charge in [-0.05, 0) is 19.2 Å². The van der Waals surface area contributed by atoms with Crippen LogP contribution in [-0.4, -0.2) is 45.8 Å². The van der Waals surface area contributed by atoms with E-state index < -0.39 is 0 Å².